The Kier molecular flexibility index (Phi) is 5.57. The van der Waals surface area contributed by atoms with E-state index in [0.29, 0.717) is 30.9 Å². The topological polar surface area (TPSA) is 156 Å². The van der Waals surface area contributed by atoms with Crippen LogP contribution in [0.15, 0.2) is 4.42 Å². The molecule has 3 saturated heterocycles. The second-order valence-electron chi connectivity index (χ2n) is 9.48. The quantitative estimate of drug-likeness (QED) is 0.642. The van der Waals surface area contributed by atoms with Crippen LogP contribution in [0.4, 0.5) is 9.59 Å². The number of carbonyl (C=O) groups excluding carboxylic acids is 2. The Balaban J connectivity index is 1.51. The summed E-state index contributed by atoms with van der Waals surface area (Å²) in [6.07, 6.45) is 1.04. The minimum absolute atomic E-state index is 0.196. The third kappa shape index (κ3) is 4.52. The van der Waals surface area contributed by atoms with E-state index in [9.17, 15) is 18.0 Å². The monoisotopic (exact) mass is 473 g/mol. The van der Waals surface area contributed by atoms with E-state index in [1.165, 1.54) is 4.90 Å². The molecule has 0 radical (unpaired) electrons. The van der Waals surface area contributed by atoms with Gasteiger partial charge >= 0.3 is 22.5 Å². The molecule has 0 aromatic carbocycles. The molecule has 32 heavy (non-hydrogen) atoms. The highest BCUT2D eigenvalue weighted by atomic mass is 32.3. The standard InChI is InChI=1S/C18H27N5O8S/c1-10-7-13(22(8-10)17(25)30-18(2,3)4)15-20-19-14(29-15)12-6-5-11-9-21(12)16(24)23(11)31-32(26,27)28/h10-13H,5-9H2,1-4H3,(H,26,27,28)/t10-,11+,12-,13-/m0/s1. The summed E-state index contributed by atoms with van der Waals surface area (Å²) in [6, 6.07) is -2.23. The fourth-order valence-electron chi connectivity index (χ4n) is 4.41. The SMILES string of the molecule is C[C@H]1C[C@@H](c2nnc([C@@H]3CC[C@@H]4CN3C(=O)N4OS(=O)(=O)O)o2)N(C(=O)OC(C)(C)C)C1. The summed E-state index contributed by atoms with van der Waals surface area (Å²) in [5.74, 6) is 0.670. The van der Waals surface area contributed by atoms with Gasteiger partial charge in [0.05, 0.1) is 6.04 Å². The summed E-state index contributed by atoms with van der Waals surface area (Å²) in [6.45, 7) is 8.09. The molecule has 2 bridgehead atoms. The van der Waals surface area contributed by atoms with Crippen molar-refractivity contribution in [2.45, 2.75) is 70.7 Å². The second kappa shape index (κ2) is 7.85. The maximum Gasteiger partial charge on any atom is 0.418 e. The van der Waals surface area contributed by atoms with Gasteiger partial charge in [0.15, 0.2) is 0 Å². The molecule has 178 valence electrons. The van der Waals surface area contributed by atoms with Crippen LogP contribution >= 0.6 is 0 Å². The summed E-state index contributed by atoms with van der Waals surface area (Å²) in [7, 11) is -4.82. The average molecular weight is 474 g/mol. The van der Waals surface area contributed by atoms with Gasteiger partial charge in [-0.15, -0.1) is 14.5 Å². The molecule has 4 heterocycles. The zero-order valence-electron chi connectivity index (χ0n) is 18.3. The number of hydrogen-bond acceptors (Lipinski definition) is 9. The normalized spacial score (nSPS) is 28.5. The smallest absolute Gasteiger partial charge is 0.418 e. The third-order valence-electron chi connectivity index (χ3n) is 5.66. The number of hydrogen-bond donors (Lipinski definition) is 1. The van der Waals surface area contributed by atoms with Gasteiger partial charge in [0, 0.05) is 13.1 Å². The van der Waals surface area contributed by atoms with Crippen LogP contribution in [0.3, 0.4) is 0 Å². The molecule has 0 spiro atoms. The Morgan fingerprint density at radius 2 is 1.81 bits per heavy atom. The lowest BCUT2D eigenvalue weighted by atomic mass is 10.0. The first-order valence-electron chi connectivity index (χ1n) is 10.4. The maximum absolute atomic E-state index is 12.7. The molecule has 0 aliphatic carbocycles. The fraction of sp³-hybridized carbons (Fsp3) is 0.778. The number of urea groups is 1. The van der Waals surface area contributed by atoms with Crippen molar-refractivity contribution in [1.82, 2.24) is 25.1 Å². The van der Waals surface area contributed by atoms with Crippen LogP contribution in [0.25, 0.3) is 0 Å². The third-order valence-corrected chi connectivity index (χ3v) is 6.01. The minimum atomic E-state index is -4.82. The summed E-state index contributed by atoms with van der Waals surface area (Å²) in [5, 5.41) is 8.91. The van der Waals surface area contributed by atoms with Gasteiger partial charge in [-0.1, -0.05) is 6.92 Å². The Hall–Kier alpha value is -2.45. The van der Waals surface area contributed by atoms with Crippen molar-refractivity contribution in [3.05, 3.63) is 11.8 Å². The minimum Gasteiger partial charge on any atom is -0.444 e. The number of amides is 3. The van der Waals surface area contributed by atoms with Gasteiger partial charge < -0.3 is 14.1 Å². The lowest BCUT2D eigenvalue weighted by Crippen LogP contribution is -2.36. The maximum atomic E-state index is 12.7. The molecule has 1 N–H and O–H groups in total. The zero-order valence-corrected chi connectivity index (χ0v) is 19.1. The van der Waals surface area contributed by atoms with E-state index < -0.39 is 46.2 Å². The predicted molar refractivity (Wildman–Crippen MR) is 106 cm³/mol. The second-order valence-corrected chi connectivity index (χ2v) is 10.5. The molecule has 3 aliphatic heterocycles. The molecule has 3 aliphatic rings. The molecule has 3 amide bonds. The lowest BCUT2D eigenvalue weighted by molar-refractivity contribution is -0.0317. The molecule has 3 fully saturated rings. The van der Waals surface area contributed by atoms with Gasteiger partial charge in [-0.2, -0.15) is 13.5 Å². The Morgan fingerprint density at radius 3 is 2.44 bits per heavy atom. The number of rotatable bonds is 4. The van der Waals surface area contributed by atoms with Gasteiger partial charge in [-0.3, -0.25) is 9.45 Å². The van der Waals surface area contributed by atoms with E-state index in [4.69, 9.17) is 13.7 Å². The molecule has 0 saturated carbocycles. The van der Waals surface area contributed by atoms with Crippen LogP contribution in [-0.4, -0.2) is 74.9 Å². The molecule has 4 atom stereocenters. The first kappa shape index (κ1) is 22.7. The van der Waals surface area contributed by atoms with Crippen LogP contribution in [0.5, 0.6) is 0 Å². The summed E-state index contributed by atoms with van der Waals surface area (Å²) in [4.78, 5) is 28.2. The van der Waals surface area contributed by atoms with Gasteiger partial charge in [-0.25, -0.2) is 9.59 Å². The van der Waals surface area contributed by atoms with E-state index in [1.54, 1.807) is 25.7 Å². The highest BCUT2D eigenvalue weighted by Crippen LogP contribution is 2.40. The van der Waals surface area contributed by atoms with Gasteiger partial charge in [-0.05, 0) is 46.0 Å². The van der Waals surface area contributed by atoms with E-state index in [0.717, 1.165) is 0 Å². The number of aromatic nitrogens is 2. The number of piperidine rings is 1. The highest BCUT2D eigenvalue weighted by Gasteiger charge is 2.49. The molecule has 1 aromatic heterocycles. The molecule has 14 heteroatoms. The van der Waals surface area contributed by atoms with Crippen LogP contribution in [0.2, 0.25) is 0 Å². The predicted octanol–water partition coefficient (Wildman–Crippen LogP) is 2.06. The first-order chi connectivity index (χ1) is 14.8. The van der Waals surface area contributed by atoms with Crippen molar-refractivity contribution in [2.24, 2.45) is 5.92 Å². The van der Waals surface area contributed by atoms with Gasteiger partial charge in [0.1, 0.15) is 17.7 Å². The van der Waals surface area contributed by atoms with Crippen LogP contribution in [-0.2, 0) is 19.4 Å². The fourth-order valence-corrected chi connectivity index (χ4v) is 4.79. The average Bonchev–Trinajstić information content (AvgIpc) is 3.34. The molecule has 1 aromatic rings. The number of carbonyl (C=O) groups is 2. The molecule has 0 unspecified atom stereocenters. The van der Waals surface area contributed by atoms with E-state index in [2.05, 4.69) is 14.5 Å². The van der Waals surface area contributed by atoms with Crippen molar-refractivity contribution in [3.63, 3.8) is 0 Å². The summed E-state index contributed by atoms with van der Waals surface area (Å²) < 4.78 is 46.9. The van der Waals surface area contributed by atoms with Crippen molar-refractivity contribution < 1.29 is 36.0 Å². The Morgan fingerprint density at radius 1 is 1.16 bits per heavy atom. The summed E-state index contributed by atoms with van der Waals surface area (Å²) >= 11 is 0. The number of fused-ring (bicyclic) bond motifs is 2. The van der Waals surface area contributed by atoms with Crippen LogP contribution in [0.1, 0.15) is 70.8 Å². The Bertz CT molecular complexity index is 1010. The lowest BCUT2D eigenvalue weighted by Gasteiger charge is -2.28. The highest BCUT2D eigenvalue weighted by molar-refractivity contribution is 7.80. The van der Waals surface area contributed by atoms with Crippen molar-refractivity contribution in [1.29, 1.82) is 0 Å². The molecule has 4 rings (SSSR count). The number of hydroxylamine groups is 2. The van der Waals surface area contributed by atoms with Crippen molar-refractivity contribution >= 4 is 22.5 Å². The van der Waals surface area contributed by atoms with Crippen LogP contribution in [0, 0.1) is 5.92 Å². The number of likely N-dealkylation sites (tertiary alicyclic amines) is 1. The van der Waals surface area contributed by atoms with E-state index in [1.807, 2.05) is 6.92 Å². The van der Waals surface area contributed by atoms with E-state index in [-0.39, 0.29) is 24.2 Å². The van der Waals surface area contributed by atoms with Crippen LogP contribution < -0.4 is 0 Å². The zero-order chi connectivity index (χ0) is 23.4. The largest absolute Gasteiger partial charge is 0.444 e. The van der Waals surface area contributed by atoms with E-state index >= 15 is 0 Å². The van der Waals surface area contributed by atoms with Crippen molar-refractivity contribution in [3.8, 4) is 0 Å². The van der Waals surface area contributed by atoms with Gasteiger partial charge in [0.25, 0.3) is 0 Å². The molecular weight excluding hydrogens is 446 g/mol. The van der Waals surface area contributed by atoms with Gasteiger partial charge in [0.2, 0.25) is 11.8 Å². The number of ether oxygens (including phenoxy) is 1. The first-order valence-corrected chi connectivity index (χ1v) is 11.8. The molecular formula is C18H27N5O8S. The Labute approximate surface area is 185 Å². The summed E-state index contributed by atoms with van der Waals surface area (Å²) in [5.41, 5.74) is -0.641. The number of nitrogens with zero attached hydrogens (tertiary/aromatic N) is 5. The van der Waals surface area contributed by atoms with Crippen molar-refractivity contribution in [2.75, 3.05) is 13.1 Å². The molecule has 13 nitrogen and oxygen atoms in total.